The van der Waals surface area contributed by atoms with Crippen LogP contribution in [0.15, 0.2) is 97.7 Å². The van der Waals surface area contributed by atoms with E-state index in [0.717, 1.165) is 29.0 Å². The number of amides is 3. The molecule has 0 saturated carbocycles. The second-order valence-corrected chi connectivity index (χ2v) is 20.2. The highest BCUT2D eigenvalue weighted by Gasteiger charge is 2.23. The van der Waals surface area contributed by atoms with E-state index < -0.39 is 18.2 Å². The molecular formula is C59H65F3N20O7. The Balaban J connectivity index is 0.000000147. The molecule has 0 radical (unpaired) electrons. The number of benzene rings is 3. The maximum absolute atomic E-state index is 14.0. The number of nitrogens with one attached hydrogen (secondary N) is 9. The number of hydrogen-bond acceptors (Lipinski definition) is 21. The van der Waals surface area contributed by atoms with Gasteiger partial charge < -0.3 is 66.8 Å². The van der Waals surface area contributed by atoms with Crippen LogP contribution in [0.25, 0.3) is 28.0 Å². The predicted molar refractivity (Wildman–Crippen MR) is 332 cm³/mol. The lowest BCUT2D eigenvalue weighted by atomic mass is 10.2. The Labute approximate surface area is 506 Å². The van der Waals surface area contributed by atoms with Gasteiger partial charge in [-0.05, 0) is 57.4 Å². The smallest absolute Gasteiger partial charge is 0.224 e. The third kappa shape index (κ3) is 14.7. The number of rotatable bonds is 20. The van der Waals surface area contributed by atoms with Crippen LogP contribution in [0.4, 0.5) is 82.2 Å². The average molecular weight is 1220 g/mol. The van der Waals surface area contributed by atoms with E-state index in [1.54, 1.807) is 60.9 Å². The molecular weight excluding hydrogens is 1160 g/mol. The van der Waals surface area contributed by atoms with E-state index in [0.29, 0.717) is 130 Å². The second kappa shape index (κ2) is 28.1. The third-order valence-electron chi connectivity index (χ3n) is 13.5. The number of halogens is 3. The molecule has 27 nitrogen and oxygen atoms in total. The van der Waals surface area contributed by atoms with Gasteiger partial charge in [-0.2, -0.15) is 28.8 Å². The normalized spacial score (nSPS) is 12.8. The van der Waals surface area contributed by atoms with Crippen molar-refractivity contribution in [1.82, 2.24) is 53.8 Å². The zero-order valence-corrected chi connectivity index (χ0v) is 49.4. The molecule has 12 rings (SSSR count). The first-order valence-electron chi connectivity index (χ1n) is 28.5. The zero-order chi connectivity index (χ0) is 62.6. The summed E-state index contributed by atoms with van der Waals surface area (Å²) in [4.78, 5) is 58.8. The maximum atomic E-state index is 14.0. The highest BCUT2D eigenvalue weighted by atomic mass is 19.1. The summed E-state index contributed by atoms with van der Waals surface area (Å²) < 4.78 is 67.3. The first-order chi connectivity index (χ1) is 43.2. The summed E-state index contributed by atoms with van der Waals surface area (Å²) in [6.07, 6.45) is 7.42. The Bertz CT molecular complexity index is 4170. The molecule has 0 spiro atoms. The Morgan fingerprint density at radius 1 is 0.528 bits per heavy atom. The molecule has 2 unspecified atom stereocenters. The molecule has 2 aliphatic rings. The van der Waals surface area contributed by atoms with E-state index in [-0.39, 0.29) is 43.4 Å². The molecule has 3 amide bonds. The SMILES string of the molecule is CCCC(=O)Nc1cnn2c(NC)cc(Nc3cccc4nccnc34)nc12.CNc1cc(Nc2cc(F)cc3c2OCCO3)nc2c(NC(=O)CCC(C)F)cnn12.CNc1cc(Nc2cccc3c2OCCO3)nc2c(NC(=O)CCC(C)F)cnn12. The molecule has 7 aromatic heterocycles. The summed E-state index contributed by atoms with van der Waals surface area (Å²) in [6.45, 7) is 6.45. The minimum absolute atomic E-state index is 0.0403. The highest BCUT2D eigenvalue weighted by Crippen LogP contribution is 2.41. The van der Waals surface area contributed by atoms with Crippen LogP contribution in [-0.4, -0.2) is 131 Å². The number of carbonyl (C=O) groups excluding carboxylic acids is 3. The molecule has 3 aromatic carbocycles. The van der Waals surface area contributed by atoms with Gasteiger partial charge in [0.2, 0.25) is 17.7 Å². The van der Waals surface area contributed by atoms with Gasteiger partial charge in [-0.15, -0.1) is 0 Å². The van der Waals surface area contributed by atoms with Gasteiger partial charge in [0.15, 0.2) is 39.9 Å². The van der Waals surface area contributed by atoms with E-state index in [1.165, 1.54) is 42.9 Å². The Morgan fingerprint density at radius 2 is 0.966 bits per heavy atom. The van der Waals surface area contributed by atoms with E-state index in [1.807, 2.05) is 49.4 Å². The van der Waals surface area contributed by atoms with E-state index in [2.05, 4.69) is 88.1 Å². The molecule has 10 aromatic rings. The number of carbonyl (C=O) groups is 3. The van der Waals surface area contributed by atoms with Crippen molar-refractivity contribution in [1.29, 1.82) is 0 Å². The lowest BCUT2D eigenvalue weighted by Gasteiger charge is -2.21. The number of alkyl halides is 2. The summed E-state index contributed by atoms with van der Waals surface area (Å²) in [6, 6.07) is 19.2. The van der Waals surface area contributed by atoms with Gasteiger partial charge >= 0.3 is 0 Å². The number of ether oxygens (including phenoxy) is 4. The van der Waals surface area contributed by atoms with Crippen LogP contribution in [0.3, 0.4) is 0 Å². The number of aromatic nitrogens is 11. The summed E-state index contributed by atoms with van der Waals surface area (Å²) in [5, 5.41) is 40.0. The van der Waals surface area contributed by atoms with E-state index in [4.69, 9.17) is 18.9 Å². The van der Waals surface area contributed by atoms with Gasteiger partial charge in [0.05, 0.1) is 53.5 Å². The molecule has 9 N–H and O–H groups in total. The van der Waals surface area contributed by atoms with E-state index in [9.17, 15) is 27.6 Å². The van der Waals surface area contributed by atoms with Crippen molar-refractivity contribution >= 4 is 115 Å². The first-order valence-corrected chi connectivity index (χ1v) is 28.5. The number of fused-ring (bicyclic) bond motifs is 6. The van der Waals surface area contributed by atoms with Crippen molar-refractivity contribution in [2.24, 2.45) is 0 Å². The second-order valence-electron chi connectivity index (χ2n) is 20.2. The molecule has 0 bridgehead atoms. The van der Waals surface area contributed by atoms with Gasteiger partial charge in [-0.1, -0.05) is 19.1 Å². The molecule has 2 atom stereocenters. The van der Waals surface area contributed by atoms with Crippen molar-refractivity contribution in [3.05, 3.63) is 104 Å². The van der Waals surface area contributed by atoms with Crippen molar-refractivity contribution in [3.8, 4) is 23.0 Å². The lowest BCUT2D eigenvalue weighted by molar-refractivity contribution is -0.117. The summed E-state index contributed by atoms with van der Waals surface area (Å²) in [5.41, 5.74) is 6.15. The van der Waals surface area contributed by atoms with Gasteiger partial charge in [-0.25, -0.2) is 28.1 Å². The van der Waals surface area contributed by atoms with Crippen molar-refractivity contribution < 1.29 is 46.5 Å². The van der Waals surface area contributed by atoms with E-state index >= 15 is 0 Å². The minimum atomic E-state index is -1.07. The van der Waals surface area contributed by atoms with Gasteiger partial charge in [0.1, 0.15) is 89.7 Å². The van der Waals surface area contributed by atoms with Gasteiger partial charge in [0, 0.05) is 83.1 Å². The molecule has 9 heterocycles. The van der Waals surface area contributed by atoms with Crippen LogP contribution in [0.5, 0.6) is 23.0 Å². The fraction of sp³-hybridized carbons (Fsp3) is 0.305. The topological polar surface area (TPSA) is 313 Å². The molecule has 2 aliphatic heterocycles. The van der Waals surface area contributed by atoms with Crippen LogP contribution in [0, 0.1) is 5.82 Å². The summed E-state index contributed by atoms with van der Waals surface area (Å²) in [5.74, 6) is 4.29. The van der Waals surface area contributed by atoms with Gasteiger partial charge in [-0.3, -0.25) is 24.4 Å². The number of hydrogen-bond donors (Lipinski definition) is 9. The Kier molecular flexibility index (Phi) is 19.3. The monoisotopic (exact) mass is 1220 g/mol. The summed E-state index contributed by atoms with van der Waals surface area (Å²) in [7, 11) is 5.28. The molecule has 0 saturated heterocycles. The fourth-order valence-corrected chi connectivity index (χ4v) is 9.30. The summed E-state index contributed by atoms with van der Waals surface area (Å²) >= 11 is 0. The molecule has 464 valence electrons. The lowest BCUT2D eigenvalue weighted by Crippen LogP contribution is -2.17. The van der Waals surface area contributed by atoms with Crippen LogP contribution in [0.1, 0.15) is 59.3 Å². The van der Waals surface area contributed by atoms with Crippen LogP contribution in [-0.2, 0) is 14.4 Å². The van der Waals surface area contributed by atoms with Gasteiger partial charge in [0.25, 0.3) is 0 Å². The predicted octanol–water partition coefficient (Wildman–Crippen LogP) is 10.1. The highest BCUT2D eigenvalue weighted by molar-refractivity contribution is 5.97. The van der Waals surface area contributed by atoms with Crippen molar-refractivity contribution in [3.63, 3.8) is 0 Å². The molecule has 0 aliphatic carbocycles. The Hall–Kier alpha value is -10.9. The van der Waals surface area contributed by atoms with Crippen LogP contribution < -0.4 is 66.8 Å². The minimum Gasteiger partial charge on any atom is -0.486 e. The maximum Gasteiger partial charge on any atom is 0.224 e. The zero-order valence-electron chi connectivity index (χ0n) is 49.4. The molecule has 30 heteroatoms. The standard InChI is InChI=1S/C20H22F2N6O3.C20H23FN6O3.C19H20N8O/c1-11(21)3-4-18(29)26-14-10-24-28-17(23-2)9-16(27-20(14)28)25-13-7-12(22)8-15-19(13)31-6-5-30-15;1-12(21)6-7-18(28)25-14-11-23-27-17(22-2)10-16(26-20(14)27)24-13-4-3-5-15-19(13)30-9-8-29-15;1-3-5-17(28)25-14-11-23-27-16(20-2)10-15(26-19(14)27)24-13-7-4-6-12-18(13)22-9-8-21-12/h7-11,23H,3-6H2,1-2H3,(H,25,27)(H,26,29);3-5,10-12,22H,6-9H2,1-2H3,(H,24,26)(H,25,28);4,6-11,20H,3,5H2,1-2H3,(H,24,26)(H,25,28). The van der Waals surface area contributed by atoms with Crippen LogP contribution in [0.2, 0.25) is 0 Å². The fourth-order valence-electron chi connectivity index (χ4n) is 9.30. The Morgan fingerprint density at radius 3 is 1.47 bits per heavy atom. The van der Waals surface area contributed by atoms with Crippen LogP contribution >= 0.6 is 0 Å². The average Bonchev–Trinajstić information content (AvgIpc) is 2.11. The quantitative estimate of drug-likeness (QED) is 0.0343. The third-order valence-corrected chi connectivity index (χ3v) is 13.5. The number of anilines is 12. The molecule has 89 heavy (non-hydrogen) atoms. The number of nitrogens with zero attached hydrogens (tertiary/aromatic N) is 11. The first kappa shape index (κ1) is 61.2. The largest absolute Gasteiger partial charge is 0.486 e. The number of para-hydroxylation sites is 2. The molecule has 0 fully saturated rings. The van der Waals surface area contributed by atoms with Crippen molar-refractivity contribution in [2.45, 2.75) is 71.6 Å². The van der Waals surface area contributed by atoms with Crippen molar-refractivity contribution in [2.75, 3.05) is 95.4 Å².